The Hall–Kier alpha value is -0.940. The minimum atomic E-state index is -0.230. The van der Waals surface area contributed by atoms with Gasteiger partial charge in [-0.3, -0.25) is 14.9 Å². The van der Waals surface area contributed by atoms with E-state index in [4.69, 9.17) is 4.74 Å². The number of carbonyl (C=O) groups is 2. The molecule has 0 radical (unpaired) electrons. The lowest BCUT2D eigenvalue weighted by molar-refractivity contribution is -0.134. The van der Waals surface area contributed by atoms with E-state index in [0.717, 1.165) is 19.4 Å². The Morgan fingerprint density at radius 1 is 1.40 bits per heavy atom. The molecule has 2 saturated heterocycles. The first-order valence-corrected chi connectivity index (χ1v) is 5.44. The zero-order valence-corrected chi connectivity index (χ0v) is 8.62. The van der Waals surface area contributed by atoms with Gasteiger partial charge >= 0.3 is 0 Å². The van der Waals surface area contributed by atoms with Crippen LogP contribution in [0.3, 0.4) is 0 Å². The zero-order chi connectivity index (χ0) is 10.7. The van der Waals surface area contributed by atoms with E-state index < -0.39 is 0 Å². The molecule has 2 fully saturated rings. The second kappa shape index (κ2) is 4.72. The zero-order valence-electron chi connectivity index (χ0n) is 8.62. The predicted octanol–water partition coefficient (Wildman–Crippen LogP) is -0.440. The van der Waals surface area contributed by atoms with Gasteiger partial charge in [0.25, 0.3) is 0 Å². The second-order valence-corrected chi connectivity index (χ2v) is 4.05. The van der Waals surface area contributed by atoms with Gasteiger partial charge in [-0.05, 0) is 19.3 Å². The molecular weight excluding hydrogens is 196 g/mol. The van der Waals surface area contributed by atoms with Crippen LogP contribution in [0.5, 0.6) is 0 Å². The van der Waals surface area contributed by atoms with Gasteiger partial charge < -0.3 is 10.1 Å². The van der Waals surface area contributed by atoms with Gasteiger partial charge in [-0.25, -0.2) is 0 Å². The summed E-state index contributed by atoms with van der Waals surface area (Å²) in [5.41, 5.74) is 0. The summed E-state index contributed by atoms with van der Waals surface area (Å²) in [5.74, 6) is -0.376. The van der Waals surface area contributed by atoms with Crippen LogP contribution in [0, 0.1) is 0 Å². The van der Waals surface area contributed by atoms with Gasteiger partial charge in [0.05, 0.1) is 12.1 Å². The average Bonchev–Trinajstić information content (AvgIpc) is 2.69. The topological polar surface area (TPSA) is 67.4 Å². The van der Waals surface area contributed by atoms with Gasteiger partial charge in [-0.2, -0.15) is 0 Å². The summed E-state index contributed by atoms with van der Waals surface area (Å²) in [6.07, 6.45) is 3.41. The predicted molar refractivity (Wildman–Crippen MR) is 53.1 cm³/mol. The van der Waals surface area contributed by atoms with E-state index in [9.17, 15) is 9.59 Å². The maximum atomic E-state index is 11.4. The number of rotatable bonds is 3. The molecule has 2 N–H and O–H groups in total. The number of piperidine rings is 1. The van der Waals surface area contributed by atoms with E-state index in [1.165, 1.54) is 0 Å². The molecule has 15 heavy (non-hydrogen) atoms. The molecule has 2 atom stereocenters. The first kappa shape index (κ1) is 10.6. The summed E-state index contributed by atoms with van der Waals surface area (Å²) < 4.78 is 5.44. The minimum absolute atomic E-state index is 0.171. The largest absolute Gasteiger partial charge is 0.377 e. The molecule has 5 heteroatoms. The lowest BCUT2D eigenvalue weighted by Crippen LogP contribution is -2.52. The van der Waals surface area contributed by atoms with Crippen LogP contribution in [0.25, 0.3) is 0 Å². The molecule has 2 aliphatic rings. The number of imide groups is 1. The van der Waals surface area contributed by atoms with E-state index in [0.29, 0.717) is 19.4 Å². The highest BCUT2D eigenvalue weighted by molar-refractivity contribution is 6.00. The van der Waals surface area contributed by atoms with Crippen molar-refractivity contribution in [2.75, 3.05) is 13.2 Å². The van der Waals surface area contributed by atoms with E-state index in [1.807, 2.05) is 0 Å². The van der Waals surface area contributed by atoms with Gasteiger partial charge in [0, 0.05) is 19.6 Å². The molecule has 0 aliphatic carbocycles. The van der Waals surface area contributed by atoms with Crippen LogP contribution in [0.1, 0.15) is 25.7 Å². The highest BCUT2D eigenvalue weighted by Gasteiger charge is 2.27. The molecule has 2 amide bonds. The molecule has 0 bridgehead atoms. The third-order valence-corrected chi connectivity index (χ3v) is 2.86. The van der Waals surface area contributed by atoms with E-state index in [2.05, 4.69) is 10.6 Å². The number of nitrogens with one attached hydrogen (secondary N) is 2. The van der Waals surface area contributed by atoms with Gasteiger partial charge in [-0.1, -0.05) is 0 Å². The van der Waals surface area contributed by atoms with Crippen LogP contribution in [0.2, 0.25) is 0 Å². The van der Waals surface area contributed by atoms with Crippen molar-refractivity contribution in [3.63, 3.8) is 0 Å². The summed E-state index contributed by atoms with van der Waals surface area (Å²) in [5, 5.41) is 5.47. The van der Waals surface area contributed by atoms with Crippen molar-refractivity contribution in [3.8, 4) is 0 Å². The van der Waals surface area contributed by atoms with E-state index in [-0.39, 0.29) is 24.0 Å². The Labute approximate surface area is 88.5 Å². The van der Waals surface area contributed by atoms with Crippen molar-refractivity contribution in [1.29, 1.82) is 0 Å². The third-order valence-electron chi connectivity index (χ3n) is 2.86. The van der Waals surface area contributed by atoms with E-state index >= 15 is 0 Å². The maximum Gasteiger partial charge on any atom is 0.243 e. The Balaban J connectivity index is 1.74. The molecule has 2 unspecified atom stereocenters. The molecule has 0 saturated carbocycles. The van der Waals surface area contributed by atoms with Crippen LogP contribution < -0.4 is 10.6 Å². The molecule has 84 valence electrons. The van der Waals surface area contributed by atoms with Gasteiger partial charge in [-0.15, -0.1) is 0 Å². The lowest BCUT2D eigenvalue weighted by Gasteiger charge is -2.23. The summed E-state index contributed by atoms with van der Waals surface area (Å²) in [6, 6.07) is -0.230. The first-order valence-electron chi connectivity index (χ1n) is 5.44. The Bertz CT molecular complexity index is 261. The van der Waals surface area contributed by atoms with Gasteiger partial charge in [0.1, 0.15) is 0 Å². The monoisotopic (exact) mass is 212 g/mol. The number of amides is 2. The lowest BCUT2D eigenvalue weighted by atomic mass is 10.1. The van der Waals surface area contributed by atoms with Crippen LogP contribution in [-0.4, -0.2) is 37.1 Å². The van der Waals surface area contributed by atoms with Crippen molar-refractivity contribution in [3.05, 3.63) is 0 Å². The summed E-state index contributed by atoms with van der Waals surface area (Å²) >= 11 is 0. The molecule has 5 nitrogen and oxygen atoms in total. The fraction of sp³-hybridized carbons (Fsp3) is 0.800. The minimum Gasteiger partial charge on any atom is -0.377 e. The molecule has 2 rings (SSSR count). The standard InChI is InChI=1S/C10H16N2O3/c13-9-4-3-8(10(14)12-9)11-6-7-2-1-5-15-7/h7-8,11H,1-6H2,(H,12,13,14). The van der Waals surface area contributed by atoms with Crippen molar-refractivity contribution in [1.82, 2.24) is 10.6 Å². The molecule has 2 aliphatic heterocycles. The van der Waals surface area contributed by atoms with Crippen LogP contribution >= 0.6 is 0 Å². The summed E-state index contributed by atoms with van der Waals surface area (Å²) in [4.78, 5) is 22.3. The normalized spacial score (nSPS) is 31.7. The maximum absolute atomic E-state index is 11.4. The highest BCUT2D eigenvalue weighted by atomic mass is 16.5. The average molecular weight is 212 g/mol. The van der Waals surface area contributed by atoms with Gasteiger partial charge in [0.2, 0.25) is 11.8 Å². The van der Waals surface area contributed by atoms with Crippen LogP contribution in [-0.2, 0) is 14.3 Å². The number of carbonyl (C=O) groups excluding carboxylic acids is 2. The first-order chi connectivity index (χ1) is 7.25. The molecule has 0 spiro atoms. The molecular formula is C10H16N2O3. The molecule has 2 heterocycles. The Morgan fingerprint density at radius 2 is 2.27 bits per heavy atom. The SMILES string of the molecule is O=C1CCC(NCC2CCCO2)C(=O)N1. The molecule has 0 aromatic carbocycles. The fourth-order valence-corrected chi connectivity index (χ4v) is 1.97. The van der Waals surface area contributed by atoms with Crippen LogP contribution in [0.4, 0.5) is 0 Å². The Kier molecular flexibility index (Phi) is 3.33. The second-order valence-electron chi connectivity index (χ2n) is 4.05. The molecule has 0 aromatic rings. The number of ether oxygens (including phenoxy) is 1. The van der Waals surface area contributed by atoms with Crippen molar-refractivity contribution in [2.45, 2.75) is 37.8 Å². The fourth-order valence-electron chi connectivity index (χ4n) is 1.97. The number of hydrogen-bond acceptors (Lipinski definition) is 4. The summed E-state index contributed by atoms with van der Waals surface area (Å²) in [7, 11) is 0. The number of hydrogen-bond donors (Lipinski definition) is 2. The van der Waals surface area contributed by atoms with E-state index in [1.54, 1.807) is 0 Å². The summed E-state index contributed by atoms with van der Waals surface area (Å²) in [6.45, 7) is 1.52. The van der Waals surface area contributed by atoms with Gasteiger partial charge in [0.15, 0.2) is 0 Å². The van der Waals surface area contributed by atoms with Crippen molar-refractivity contribution in [2.24, 2.45) is 0 Å². The van der Waals surface area contributed by atoms with Crippen molar-refractivity contribution < 1.29 is 14.3 Å². The van der Waals surface area contributed by atoms with Crippen LogP contribution in [0.15, 0.2) is 0 Å². The highest BCUT2D eigenvalue weighted by Crippen LogP contribution is 2.12. The Morgan fingerprint density at radius 3 is 2.93 bits per heavy atom. The van der Waals surface area contributed by atoms with Crippen molar-refractivity contribution >= 4 is 11.8 Å². The molecule has 0 aromatic heterocycles. The third kappa shape index (κ3) is 2.76. The quantitative estimate of drug-likeness (QED) is 0.622. The smallest absolute Gasteiger partial charge is 0.243 e.